The first-order chi connectivity index (χ1) is 13.0. The van der Waals surface area contributed by atoms with Gasteiger partial charge in [-0.05, 0) is 55.3 Å². The van der Waals surface area contributed by atoms with Crippen LogP contribution in [0.2, 0.25) is 0 Å². The van der Waals surface area contributed by atoms with Crippen molar-refractivity contribution in [2.24, 2.45) is 0 Å². The second-order valence-corrected chi connectivity index (χ2v) is 6.16. The third kappa shape index (κ3) is 4.09. The molecular weight excluding hydrogens is 345 g/mol. The van der Waals surface area contributed by atoms with Crippen molar-refractivity contribution >= 4 is 22.7 Å². The van der Waals surface area contributed by atoms with E-state index >= 15 is 0 Å². The van der Waals surface area contributed by atoms with Gasteiger partial charge in [-0.1, -0.05) is 13.0 Å². The molecule has 0 spiro atoms. The van der Waals surface area contributed by atoms with Crippen LogP contribution in [0.1, 0.15) is 31.7 Å². The first kappa shape index (κ1) is 18.5. The minimum absolute atomic E-state index is 0.0749. The van der Waals surface area contributed by atoms with Crippen LogP contribution >= 0.6 is 0 Å². The van der Waals surface area contributed by atoms with E-state index in [0.717, 1.165) is 12.0 Å². The largest absolute Gasteiger partial charge is 0.493 e. The number of fused-ring (bicyclic) bond motifs is 1. The highest BCUT2D eigenvalue weighted by atomic mass is 19.1. The average molecular weight is 365 g/mol. The van der Waals surface area contributed by atoms with Gasteiger partial charge in [-0.15, -0.1) is 0 Å². The maximum Gasteiger partial charge on any atom is 0.161 e. The van der Waals surface area contributed by atoms with E-state index in [-0.39, 0.29) is 11.9 Å². The average Bonchev–Trinajstić information content (AvgIpc) is 3.09. The van der Waals surface area contributed by atoms with E-state index < -0.39 is 0 Å². The first-order valence-corrected chi connectivity index (χ1v) is 8.66. The highest BCUT2D eigenvalue weighted by molar-refractivity contribution is 5.90. The molecule has 2 aromatic carbocycles. The molecule has 0 aliphatic heterocycles. The predicted molar refractivity (Wildman–Crippen MR) is 103 cm³/mol. The lowest BCUT2D eigenvalue weighted by molar-refractivity contribution is 0.207. The standard InChI is InChI=1S/C21H20FN3O2/c1-4-13(2)27-19-8-5-14(10-20(19)26-3)9-15(12-23)21-24-17-7-6-16(22)11-18(17)25-21/h5-11,13H,4H2,1-3H3,(H,24,25)/b15-9-/t13-/m0/s1. The number of methoxy groups -OCH3 is 1. The van der Waals surface area contributed by atoms with Crippen molar-refractivity contribution in [1.82, 2.24) is 9.97 Å². The number of H-pyrrole nitrogens is 1. The van der Waals surface area contributed by atoms with Crippen LogP contribution in [0.25, 0.3) is 22.7 Å². The smallest absolute Gasteiger partial charge is 0.161 e. The zero-order chi connectivity index (χ0) is 19.4. The molecule has 27 heavy (non-hydrogen) atoms. The summed E-state index contributed by atoms with van der Waals surface area (Å²) in [5.41, 5.74) is 2.25. The summed E-state index contributed by atoms with van der Waals surface area (Å²) in [6.45, 7) is 4.04. The number of aromatic amines is 1. The molecule has 0 unspecified atom stereocenters. The number of hydrogen-bond donors (Lipinski definition) is 1. The molecule has 0 aliphatic rings. The SMILES string of the molecule is CC[C@H](C)Oc1ccc(/C=C(/C#N)c2nc3ccc(F)cc3[nH]2)cc1OC. The van der Waals surface area contributed by atoms with E-state index in [0.29, 0.717) is 33.9 Å². The Hall–Kier alpha value is -3.33. The number of rotatable bonds is 6. The molecule has 1 atom stereocenters. The Bertz CT molecular complexity index is 1030. The lowest BCUT2D eigenvalue weighted by atomic mass is 10.1. The fourth-order valence-corrected chi connectivity index (χ4v) is 2.60. The van der Waals surface area contributed by atoms with E-state index in [4.69, 9.17) is 9.47 Å². The van der Waals surface area contributed by atoms with Crippen molar-refractivity contribution in [3.63, 3.8) is 0 Å². The second-order valence-electron chi connectivity index (χ2n) is 6.16. The molecule has 1 heterocycles. The molecule has 0 radical (unpaired) electrons. The topological polar surface area (TPSA) is 70.9 Å². The molecule has 0 saturated carbocycles. The van der Waals surface area contributed by atoms with Gasteiger partial charge in [0.2, 0.25) is 0 Å². The summed E-state index contributed by atoms with van der Waals surface area (Å²) < 4.78 is 24.6. The van der Waals surface area contributed by atoms with Gasteiger partial charge in [-0.2, -0.15) is 5.26 Å². The molecule has 138 valence electrons. The van der Waals surface area contributed by atoms with E-state index in [1.54, 1.807) is 25.3 Å². The number of benzene rings is 2. The summed E-state index contributed by atoms with van der Waals surface area (Å²) in [6, 6.07) is 11.9. The molecule has 3 aromatic rings. The predicted octanol–water partition coefficient (Wildman–Crippen LogP) is 4.95. The number of hydrogen-bond acceptors (Lipinski definition) is 4. The van der Waals surface area contributed by atoms with Crippen LogP contribution in [0.4, 0.5) is 4.39 Å². The summed E-state index contributed by atoms with van der Waals surface area (Å²) >= 11 is 0. The monoisotopic (exact) mass is 365 g/mol. The van der Waals surface area contributed by atoms with Crippen molar-refractivity contribution in [1.29, 1.82) is 5.26 Å². The molecule has 0 aliphatic carbocycles. The van der Waals surface area contributed by atoms with Crippen LogP contribution in [0, 0.1) is 17.1 Å². The minimum Gasteiger partial charge on any atom is -0.493 e. The van der Waals surface area contributed by atoms with Crippen LogP contribution in [-0.4, -0.2) is 23.2 Å². The van der Waals surface area contributed by atoms with Gasteiger partial charge >= 0.3 is 0 Å². The molecule has 1 aromatic heterocycles. The Balaban J connectivity index is 1.96. The number of nitrogens with one attached hydrogen (secondary N) is 1. The van der Waals surface area contributed by atoms with Gasteiger partial charge in [-0.25, -0.2) is 9.37 Å². The Labute approximate surface area is 157 Å². The molecule has 3 rings (SSSR count). The number of allylic oxidation sites excluding steroid dienone is 1. The van der Waals surface area contributed by atoms with Gasteiger partial charge < -0.3 is 14.5 Å². The first-order valence-electron chi connectivity index (χ1n) is 8.66. The zero-order valence-electron chi connectivity index (χ0n) is 15.4. The van der Waals surface area contributed by atoms with Gasteiger partial charge in [0.15, 0.2) is 11.5 Å². The summed E-state index contributed by atoms with van der Waals surface area (Å²) in [6.07, 6.45) is 2.66. The maximum absolute atomic E-state index is 13.4. The Kier molecular flexibility index (Phi) is 5.41. The number of imidazole rings is 1. The fourth-order valence-electron chi connectivity index (χ4n) is 2.60. The van der Waals surface area contributed by atoms with Gasteiger partial charge in [-0.3, -0.25) is 0 Å². The number of ether oxygens (including phenoxy) is 2. The van der Waals surface area contributed by atoms with Gasteiger partial charge in [0.1, 0.15) is 17.7 Å². The lowest BCUT2D eigenvalue weighted by Crippen LogP contribution is -2.10. The van der Waals surface area contributed by atoms with Gasteiger partial charge in [0.25, 0.3) is 0 Å². The summed E-state index contributed by atoms with van der Waals surface area (Å²) in [5, 5.41) is 9.54. The van der Waals surface area contributed by atoms with Crippen molar-refractivity contribution in [2.75, 3.05) is 7.11 Å². The van der Waals surface area contributed by atoms with Crippen molar-refractivity contribution < 1.29 is 13.9 Å². The third-order valence-electron chi connectivity index (χ3n) is 4.22. The lowest BCUT2D eigenvalue weighted by Gasteiger charge is -2.15. The second kappa shape index (κ2) is 7.92. The molecular formula is C21H20FN3O2. The Morgan fingerprint density at radius 3 is 2.81 bits per heavy atom. The molecule has 0 saturated heterocycles. The number of aromatic nitrogens is 2. The number of nitrogens with zero attached hydrogens (tertiary/aromatic N) is 2. The summed E-state index contributed by atoms with van der Waals surface area (Å²) in [4.78, 5) is 7.35. The number of halogens is 1. The van der Waals surface area contributed by atoms with Crippen molar-refractivity contribution in [3.05, 3.63) is 53.6 Å². The van der Waals surface area contributed by atoms with Crippen molar-refractivity contribution in [3.8, 4) is 17.6 Å². The summed E-state index contributed by atoms with van der Waals surface area (Å²) in [5.74, 6) is 1.27. The third-order valence-corrected chi connectivity index (χ3v) is 4.22. The number of nitriles is 1. The molecule has 0 fully saturated rings. The van der Waals surface area contributed by atoms with Crippen LogP contribution in [0.15, 0.2) is 36.4 Å². The normalized spacial score (nSPS) is 12.6. The van der Waals surface area contributed by atoms with Crippen LogP contribution in [-0.2, 0) is 0 Å². The Morgan fingerprint density at radius 1 is 1.30 bits per heavy atom. The zero-order valence-corrected chi connectivity index (χ0v) is 15.4. The van der Waals surface area contributed by atoms with E-state index in [1.165, 1.54) is 12.1 Å². The fraction of sp³-hybridized carbons (Fsp3) is 0.238. The highest BCUT2D eigenvalue weighted by Crippen LogP contribution is 2.31. The van der Waals surface area contributed by atoms with Crippen molar-refractivity contribution in [2.45, 2.75) is 26.4 Å². The van der Waals surface area contributed by atoms with Gasteiger partial charge in [0, 0.05) is 0 Å². The molecule has 5 nitrogen and oxygen atoms in total. The maximum atomic E-state index is 13.4. The molecule has 0 bridgehead atoms. The summed E-state index contributed by atoms with van der Waals surface area (Å²) in [7, 11) is 1.57. The Morgan fingerprint density at radius 2 is 2.11 bits per heavy atom. The van der Waals surface area contributed by atoms with Crippen LogP contribution < -0.4 is 9.47 Å². The quantitative estimate of drug-likeness (QED) is 0.627. The molecule has 0 amide bonds. The molecule has 1 N–H and O–H groups in total. The highest BCUT2D eigenvalue weighted by Gasteiger charge is 2.11. The van der Waals surface area contributed by atoms with Crippen LogP contribution in [0.3, 0.4) is 0 Å². The minimum atomic E-state index is -0.359. The molecule has 6 heteroatoms. The van der Waals surface area contributed by atoms with Gasteiger partial charge in [0.05, 0.1) is 29.8 Å². The van der Waals surface area contributed by atoms with Crippen LogP contribution in [0.5, 0.6) is 11.5 Å². The van der Waals surface area contributed by atoms with E-state index in [1.807, 2.05) is 26.0 Å². The van der Waals surface area contributed by atoms with E-state index in [9.17, 15) is 9.65 Å². The van der Waals surface area contributed by atoms with E-state index in [2.05, 4.69) is 16.0 Å².